The van der Waals surface area contributed by atoms with Crippen LogP contribution in [0.2, 0.25) is 0 Å². The van der Waals surface area contributed by atoms with Crippen molar-refractivity contribution in [1.29, 1.82) is 0 Å². The van der Waals surface area contributed by atoms with Crippen molar-refractivity contribution >= 4 is 44.6 Å². The summed E-state index contributed by atoms with van der Waals surface area (Å²) in [5, 5.41) is 5.42. The minimum atomic E-state index is 0.758. The second-order valence-electron chi connectivity index (χ2n) is 3.69. The van der Waals surface area contributed by atoms with Gasteiger partial charge in [-0.15, -0.1) is 11.3 Å². The van der Waals surface area contributed by atoms with Crippen LogP contribution in [0.4, 0.5) is 5.69 Å². The predicted molar refractivity (Wildman–Crippen MR) is 79.6 cm³/mol. The molecule has 0 amide bonds. The second-order valence-corrected chi connectivity index (χ2v) is 5.81. The molecule has 0 spiro atoms. The van der Waals surface area contributed by atoms with E-state index >= 15 is 0 Å². The van der Waals surface area contributed by atoms with Gasteiger partial charge in [0.05, 0.1) is 12.2 Å². The summed E-state index contributed by atoms with van der Waals surface area (Å²) in [5.41, 5.74) is 2.20. The monoisotopic (exact) mass is 355 g/mol. The van der Waals surface area contributed by atoms with E-state index in [1.165, 1.54) is 3.57 Å². The standard InChI is InChI=1S/C12H10IN3S/c13-9-2-1-3-10(6-9)14-7-11-8-16-4-5-17-12(16)15-11/h1-6,8,14H,7H2. The molecule has 0 atom stereocenters. The van der Waals surface area contributed by atoms with Crippen molar-refractivity contribution in [1.82, 2.24) is 9.38 Å². The number of halogens is 1. The van der Waals surface area contributed by atoms with Gasteiger partial charge in [-0.25, -0.2) is 4.98 Å². The quantitative estimate of drug-likeness (QED) is 0.728. The van der Waals surface area contributed by atoms with Gasteiger partial charge in [-0.2, -0.15) is 0 Å². The molecule has 3 rings (SSSR count). The zero-order chi connectivity index (χ0) is 11.7. The van der Waals surface area contributed by atoms with Crippen molar-refractivity contribution < 1.29 is 0 Å². The Balaban J connectivity index is 1.74. The Labute approximate surface area is 117 Å². The molecule has 0 bridgehead atoms. The largest absolute Gasteiger partial charge is 0.379 e. The van der Waals surface area contributed by atoms with Crippen LogP contribution < -0.4 is 5.32 Å². The van der Waals surface area contributed by atoms with Gasteiger partial charge in [0.15, 0.2) is 4.96 Å². The Morgan fingerprint density at radius 2 is 2.35 bits per heavy atom. The van der Waals surface area contributed by atoms with Crippen LogP contribution in [0, 0.1) is 3.57 Å². The van der Waals surface area contributed by atoms with Crippen LogP contribution in [0.5, 0.6) is 0 Å². The number of hydrogen-bond acceptors (Lipinski definition) is 3. The third kappa shape index (κ3) is 2.44. The number of thiazole rings is 1. The highest BCUT2D eigenvalue weighted by atomic mass is 127. The van der Waals surface area contributed by atoms with E-state index in [-0.39, 0.29) is 0 Å². The molecule has 5 heteroatoms. The first-order valence-corrected chi connectivity index (χ1v) is 7.17. The van der Waals surface area contributed by atoms with E-state index in [0.29, 0.717) is 0 Å². The van der Waals surface area contributed by atoms with Crippen LogP contribution in [0.1, 0.15) is 5.69 Å². The van der Waals surface area contributed by atoms with Gasteiger partial charge in [-0.05, 0) is 40.8 Å². The lowest BCUT2D eigenvalue weighted by molar-refractivity contribution is 1.08. The van der Waals surface area contributed by atoms with Gasteiger partial charge in [-0.1, -0.05) is 6.07 Å². The van der Waals surface area contributed by atoms with Crippen LogP contribution in [-0.4, -0.2) is 9.38 Å². The van der Waals surface area contributed by atoms with E-state index in [4.69, 9.17) is 0 Å². The highest BCUT2D eigenvalue weighted by molar-refractivity contribution is 14.1. The average molecular weight is 355 g/mol. The molecule has 0 saturated carbocycles. The van der Waals surface area contributed by atoms with E-state index in [1.807, 2.05) is 11.6 Å². The molecule has 0 fully saturated rings. The number of anilines is 1. The first-order chi connectivity index (χ1) is 8.31. The Morgan fingerprint density at radius 3 is 3.18 bits per heavy atom. The molecular formula is C12H10IN3S. The Kier molecular flexibility index (Phi) is 3.02. The minimum absolute atomic E-state index is 0.758. The number of imidazole rings is 1. The van der Waals surface area contributed by atoms with Gasteiger partial charge < -0.3 is 5.32 Å². The summed E-state index contributed by atoms with van der Waals surface area (Å²) >= 11 is 3.97. The molecule has 0 radical (unpaired) electrons. The van der Waals surface area contributed by atoms with Gasteiger partial charge in [0.2, 0.25) is 0 Å². The topological polar surface area (TPSA) is 29.3 Å². The lowest BCUT2D eigenvalue weighted by Crippen LogP contribution is -1.99. The molecule has 2 aromatic heterocycles. The van der Waals surface area contributed by atoms with Crippen LogP contribution >= 0.6 is 33.9 Å². The molecule has 86 valence electrons. The van der Waals surface area contributed by atoms with E-state index in [1.54, 1.807) is 11.3 Å². The van der Waals surface area contributed by atoms with E-state index in [0.717, 1.165) is 22.9 Å². The van der Waals surface area contributed by atoms with Gasteiger partial charge in [0, 0.05) is 27.0 Å². The van der Waals surface area contributed by atoms with E-state index in [2.05, 4.69) is 67.8 Å². The molecule has 0 aliphatic heterocycles. The van der Waals surface area contributed by atoms with Crippen LogP contribution in [-0.2, 0) is 6.54 Å². The second kappa shape index (κ2) is 4.66. The lowest BCUT2D eigenvalue weighted by atomic mass is 10.3. The third-order valence-corrected chi connectivity index (χ3v) is 3.88. The number of nitrogens with zero attached hydrogens (tertiary/aromatic N) is 2. The first-order valence-electron chi connectivity index (χ1n) is 5.22. The fraction of sp³-hybridized carbons (Fsp3) is 0.0833. The van der Waals surface area contributed by atoms with Crippen molar-refractivity contribution in [3.63, 3.8) is 0 Å². The predicted octanol–water partition coefficient (Wildman–Crippen LogP) is 3.61. The maximum absolute atomic E-state index is 4.53. The molecular weight excluding hydrogens is 345 g/mol. The SMILES string of the molecule is Ic1cccc(NCc2cn3ccsc3n2)c1. The van der Waals surface area contributed by atoms with Gasteiger partial charge in [0.1, 0.15) is 0 Å². The van der Waals surface area contributed by atoms with Crippen molar-refractivity contribution in [3.8, 4) is 0 Å². The van der Waals surface area contributed by atoms with Gasteiger partial charge in [0.25, 0.3) is 0 Å². The summed E-state index contributed by atoms with van der Waals surface area (Å²) in [6.07, 6.45) is 4.09. The summed E-state index contributed by atoms with van der Waals surface area (Å²) in [5.74, 6) is 0. The van der Waals surface area contributed by atoms with Crippen LogP contribution in [0.25, 0.3) is 4.96 Å². The highest BCUT2D eigenvalue weighted by Gasteiger charge is 2.02. The molecule has 3 aromatic rings. The number of fused-ring (bicyclic) bond motifs is 1. The third-order valence-electron chi connectivity index (χ3n) is 2.44. The summed E-state index contributed by atoms with van der Waals surface area (Å²) in [7, 11) is 0. The normalized spacial score (nSPS) is 10.9. The Hall–Kier alpha value is -1.08. The number of rotatable bonds is 3. The minimum Gasteiger partial charge on any atom is -0.379 e. The fourth-order valence-electron chi connectivity index (χ4n) is 1.65. The molecule has 1 aromatic carbocycles. The maximum Gasteiger partial charge on any atom is 0.193 e. The van der Waals surface area contributed by atoms with Crippen molar-refractivity contribution in [2.75, 3.05) is 5.32 Å². The number of hydrogen-bond donors (Lipinski definition) is 1. The molecule has 1 N–H and O–H groups in total. The smallest absolute Gasteiger partial charge is 0.193 e. The fourth-order valence-corrected chi connectivity index (χ4v) is 2.91. The number of benzene rings is 1. The number of nitrogens with one attached hydrogen (secondary N) is 1. The highest BCUT2D eigenvalue weighted by Crippen LogP contribution is 2.15. The van der Waals surface area contributed by atoms with Crippen molar-refractivity contribution in [3.05, 3.63) is 51.3 Å². The molecule has 0 unspecified atom stereocenters. The summed E-state index contributed by atoms with van der Waals surface area (Å²) in [4.78, 5) is 5.57. The van der Waals surface area contributed by atoms with E-state index < -0.39 is 0 Å². The zero-order valence-corrected chi connectivity index (χ0v) is 11.9. The number of aromatic nitrogens is 2. The van der Waals surface area contributed by atoms with Crippen LogP contribution in [0.15, 0.2) is 42.0 Å². The Bertz CT molecular complexity index is 615. The zero-order valence-electron chi connectivity index (χ0n) is 8.93. The average Bonchev–Trinajstić information content (AvgIpc) is 2.86. The summed E-state index contributed by atoms with van der Waals surface area (Å²) in [6.45, 7) is 0.758. The van der Waals surface area contributed by atoms with Crippen LogP contribution in [0.3, 0.4) is 0 Å². The molecule has 0 aliphatic carbocycles. The lowest BCUT2D eigenvalue weighted by Gasteiger charge is -2.04. The first kappa shape index (κ1) is 11.0. The molecule has 0 aliphatic rings. The molecule has 3 nitrogen and oxygen atoms in total. The molecule has 2 heterocycles. The van der Waals surface area contributed by atoms with Crippen molar-refractivity contribution in [2.24, 2.45) is 0 Å². The van der Waals surface area contributed by atoms with E-state index in [9.17, 15) is 0 Å². The summed E-state index contributed by atoms with van der Waals surface area (Å²) in [6, 6.07) is 8.33. The Morgan fingerprint density at radius 1 is 1.41 bits per heavy atom. The molecule has 0 saturated heterocycles. The van der Waals surface area contributed by atoms with Gasteiger partial charge >= 0.3 is 0 Å². The van der Waals surface area contributed by atoms with Gasteiger partial charge in [-0.3, -0.25) is 4.40 Å². The molecule has 17 heavy (non-hydrogen) atoms. The maximum atomic E-state index is 4.53. The summed E-state index contributed by atoms with van der Waals surface area (Å²) < 4.78 is 3.29. The van der Waals surface area contributed by atoms with Crippen molar-refractivity contribution in [2.45, 2.75) is 6.54 Å².